The first-order chi connectivity index (χ1) is 8.40. The second-order valence-corrected chi connectivity index (χ2v) is 5.34. The molecule has 1 heterocycles. The third-order valence-electron chi connectivity index (χ3n) is 3.16. The molecule has 0 radical (unpaired) electrons. The first kappa shape index (κ1) is 15.1. The van der Waals surface area contributed by atoms with Crippen LogP contribution in [0, 0.1) is 0 Å². The van der Waals surface area contributed by atoms with Gasteiger partial charge in [-0.3, -0.25) is 16.0 Å². The van der Waals surface area contributed by atoms with E-state index in [2.05, 4.69) is 24.4 Å². The van der Waals surface area contributed by atoms with Crippen molar-refractivity contribution in [2.24, 2.45) is 5.84 Å². The van der Waals surface area contributed by atoms with Crippen LogP contribution in [0.15, 0.2) is 12.3 Å². The molecule has 0 amide bonds. The summed E-state index contributed by atoms with van der Waals surface area (Å²) in [4.78, 5) is 0. The maximum atomic E-state index is 5.73. The molecule has 0 bridgehead atoms. The maximum absolute atomic E-state index is 5.73. The molecule has 1 unspecified atom stereocenters. The Hall–Kier alpha value is -0.910. The summed E-state index contributed by atoms with van der Waals surface area (Å²) in [6, 6.07) is 2.45. The molecule has 0 aliphatic rings. The number of hydrazine groups is 1. The topological polar surface area (TPSA) is 65.1 Å². The van der Waals surface area contributed by atoms with Gasteiger partial charge in [-0.1, -0.05) is 0 Å². The van der Waals surface area contributed by atoms with Crippen molar-refractivity contribution in [1.82, 2.24) is 15.2 Å². The lowest BCUT2D eigenvalue weighted by Gasteiger charge is -2.33. The van der Waals surface area contributed by atoms with E-state index < -0.39 is 0 Å². The van der Waals surface area contributed by atoms with Gasteiger partial charge in [-0.25, -0.2) is 0 Å². The molecule has 0 spiro atoms. The predicted molar refractivity (Wildman–Crippen MR) is 73.1 cm³/mol. The van der Waals surface area contributed by atoms with Crippen LogP contribution in [0.2, 0.25) is 0 Å². The van der Waals surface area contributed by atoms with Gasteiger partial charge in [0.15, 0.2) is 0 Å². The van der Waals surface area contributed by atoms with Gasteiger partial charge in [0.05, 0.1) is 17.3 Å². The number of hydrogen-bond acceptors (Lipinski definition) is 4. The SMILES string of the molecule is CCOC(C)(C)C(Cc1ccn(C(C)C)n1)NN. The highest BCUT2D eigenvalue weighted by molar-refractivity contribution is 5.04. The predicted octanol–water partition coefficient (Wildman–Crippen LogP) is 1.65. The van der Waals surface area contributed by atoms with E-state index in [9.17, 15) is 0 Å². The minimum Gasteiger partial charge on any atom is -0.374 e. The molecule has 104 valence electrons. The number of nitrogens with one attached hydrogen (secondary N) is 1. The Bertz CT molecular complexity index is 360. The van der Waals surface area contributed by atoms with Crippen molar-refractivity contribution in [3.63, 3.8) is 0 Å². The molecule has 1 aromatic rings. The first-order valence-corrected chi connectivity index (χ1v) is 6.54. The number of nitrogens with two attached hydrogens (primary N) is 1. The van der Waals surface area contributed by atoms with E-state index in [1.54, 1.807) is 0 Å². The van der Waals surface area contributed by atoms with E-state index in [-0.39, 0.29) is 11.6 Å². The van der Waals surface area contributed by atoms with Crippen molar-refractivity contribution in [2.45, 2.75) is 58.7 Å². The number of rotatable bonds is 7. The number of ether oxygens (including phenoxy) is 1. The lowest BCUT2D eigenvalue weighted by Crippen LogP contribution is -2.52. The van der Waals surface area contributed by atoms with E-state index in [1.807, 2.05) is 37.7 Å². The van der Waals surface area contributed by atoms with Crippen LogP contribution in [0.5, 0.6) is 0 Å². The van der Waals surface area contributed by atoms with E-state index >= 15 is 0 Å². The van der Waals surface area contributed by atoms with Crippen molar-refractivity contribution < 1.29 is 4.74 Å². The number of nitrogens with zero attached hydrogens (tertiary/aromatic N) is 2. The Morgan fingerprint density at radius 3 is 2.61 bits per heavy atom. The van der Waals surface area contributed by atoms with Gasteiger partial charge >= 0.3 is 0 Å². The summed E-state index contributed by atoms with van der Waals surface area (Å²) in [5.74, 6) is 5.64. The molecule has 0 aromatic carbocycles. The molecule has 0 aliphatic heterocycles. The molecule has 0 fully saturated rings. The molecule has 0 saturated heterocycles. The first-order valence-electron chi connectivity index (χ1n) is 6.54. The average molecular weight is 254 g/mol. The van der Waals surface area contributed by atoms with Crippen molar-refractivity contribution in [3.8, 4) is 0 Å². The molecule has 18 heavy (non-hydrogen) atoms. The third-order valence-corrected chi connectivity index (χ3v) is 3.16. The van der Waals surface area contributed by atoms with Gasteiger partial charge < -0.3 is 4.74 Å². The van der Waals surface area contributed by atoms with Gasteiger partial charge in [-0.05, 0) is 40.7 Å². The summed E-state index contributed by atoms with van der Waals surface area (Å²) in [5.41, 5.74) is 3.55. The standard InChI is InChI=1S/C13H26N4O/c1-6-18-13(4,5)12(15-14)9-11-7-8-17(16-11)10(2)3/h7-8,10,12,15H,6,9,14H2,1-5H3. The lowest BCUT2D eigenvalue weighted by molar-refractivity contribution is -0.0383. The molecule has 0 aliphatic carbocycles. The number of aromatic nitrogens is 2. The molecular formula is C13H26N4O. The fraction of sp³-hybridized carbons (Fsp3) is 0.769. The van der Waals surface area contributed by atoms with Crippen molar-refractivity contribution in [1.29, 1.82) is 0 Å². The van der Waals surface area contributed by atoms with Crippen LogP contribution in [0.1, 0.15) is 46.4 Å². The summed E-state index contributed by atoms with van der Waals surface area (Å²) in [6.45, 7) is 11.0. The van der Waals surface area contributed by atoms with E-state index in [1.165, 1.54) is 0 Å². The maximum Gasteiger partial charge on any atom is 0.0795 e. The minimum atomic E-state index is -0.314. The van der Waals surface area contributed by atoms with Gasteiger partial charge in [0.2, 0.25) is 0 Å². The van der Waals surface area contributed by atoms with E-state index in [0.717, 1.165) is 12.1 Å². The van der Waals surface area contributed by atoms with Crippen LogP contribution in [0.3, 0.4) is 0 Å². The van der Waals surface area contributed by atoms with Gasteiger partial charge in [-0.15, -0.1) is 0 Å². The quantitative estimate of drug-likeness (QED) is 0.573. The molecule has 5 heteroatoms. The zero-order chi connectivity index (χ0) is 13.8. The van der Waals surface area contributed by atoms with Crippen LogP contribution >= 0.6 is 0 Å². The summed E-state index contributed by atoms with van der Waals surface area (Å²) in [6.07, 6.45) is 2.75. The second kappa shape index (κ2) is 6.31. The Balaban J connectivity index is 2.73. The second-order valence-electron chi connectivity index (χ2n) is 5.34. The van der Waals surface area contributed by atoms with Crippen molar-refractivity contribution in [2.75, 3.05) is 6.61 Å². The van der Waals surface area contributed by atoms with Crippen LogP contribution in [-0.4, -0.2) is 28.0 Å². The number of hydrogen-bond donors (Lipinski definition) is 2. The van der Waals surface area contributed by atoms with E-state index in [0.29, 0.717) is 12.6 Å². The fourth-order valence-electron chi connectivity index (χ4n) is 1.96. The highest BCUT2D eigenvalue weighted by Crippen LogP contribution is 2.18. The van der Waals surface area contributed by atoms with Crippen LogP contribution < -0.4 is 11.3 Å². The highest BCUT2D eigenvalue weighted by atomic mass is 16.5. The molecule has 5 nitrogen and oxygen atoms in total. The average Bonchev–Trinajstić information content (AvgIpc) is 2.74. The monoisotopic (exact) mass is 254 g/mol. The Morgan fingerprint density at radius 2 is 2.17 bits per heavy atom. The van der Waals surface area contributed by atoms with Crippen molar-refractivity contribution in [3.05, 3.63) is 18.0 Å². The molecule has 1 atom stereocenters. The van der Waals surface area contributed by atoms with Crippen molar-refractivity contribution >= 4 is 0 Å². The Kier molecular flexibility index (Phi) is 5.31. The van der Waals surface area contributed by atoms with Gasteiger partial charge in [0, 0.05) is 25.3 Å². The Labute approximate surface area is 110 Å². The summed E-state index contributed by atoms with van der Waals surface area (Å²) < 4.78 is 7.69. The molecule has 1 aromatic heterocycles. The lowest BCUT2D eigenvalue weighted by atomic mass is 9.95. The fourth-order valence-corrected chi connectivity index (χ4v) is 1.96. The normalized spacial score (nSPS) is 14.2. The smallest absolute Gasteiger partial charge is 0.0795 e. The molecular weight excluding hydrogens is 228 g/mol. The van der Waals surface area contributed by atoms with Crippen LogP contribution in [0.4, 0.5) is 0 Å². The van der Waals surface area contributed by atoms with Gasteiger partial charge in [0.1, 0.15) is 0 Å². The van der Waals surface area contributed by atoms with Crippen LogP contribution in [0.25, 0.3) is 0 Å². The highest BCUT2D eigenvalue weighted by Gasteiger charge is 2.29. The summed E-state index contributed by atoms with van der Waals surface area (Å²) in [7, 11) is 0. The third kappa shape index (κ3) is 3.80. The molecule has 0 saturated carbocycles. The molecule has 1 rings (SSSR count). The Morgan fingerprint density at radius 1 is 1.50 bits per heavy atom. The summed E-state index contributed by atoms with van der Waals surface area (Å²) in [5, 5.41) is 4.54. The summed E-state index contributed by atoms with van der Waals surface area (Å²) >= 11 is 0. The molecule has 3 N–H and O–H groups in total. The zero-order valence-electron chi connectivity index (χ0n) is 12.1. The van der Waals surface area contributed by atoms with Crippen LogP contribution in [-0.2, 0) is 11.2 Å². The zero-order valence-corrected chi connectivity index (χ0v) is 12.1. The van der Waals surface area contributed by atoms with Gasteiger partial charge in [-0.2, -0.15) is 5.10 Å². The minimum absolute atomic E-state index is 0.0352. The largest absolute Gasteiger partial charge is 0.374 e. The van der Waals surface area contributed by atoms with Gasteiger partial charge in [0.25, 0.3) is 0 Å². The van der Waals surface area contributed by atoms with E-state index in [4.69, 9.17) is 10.6 Å².